The highest BCUT2D eigenvalue weighted by Crippen LogP contribution is 2.53. The van der Waals surface area contributed by atoms with Crippen molar-refractivity contribution in [3.8, 4) is 0 Å². The molecule has 1 N–H and O–H groups in total. The van der Waals surface area contributed by atoms with E-state index in [1.807, 2.05) is 6.07 Å². The molecule has 1 aromatic carbocycles. The van der Waals surface area contributed by atoms with Gasteiger partial charge in [-0.1, -0.05) is 29.3 Å². The van der Waals surface area contributed by atoms with Crippen molar-refractivity contribution in [1.82, 2.24) is 5.32 Å². The quantitative estimate of drug-likeness (QED) is 0.768. The van der Waals surface area contributed by atoms with Gasteiger partial charge in [0.1, 0.15) is 0 Å². The van der Waals surface area contributed by atoms with Crippen LogP contribution >= 0.6 is 23.2 Å². The Labute approximate surface area is 147 Å². The van der Waals surface area contributed by atoms with Crippen molar-refractivity contribution in [3.05, 3.63) is 39.9 Å². The standard InChI is InChI=1S/C19H21Cl2NO/c20-16-3-1-13(17(21)10-16)2-4-18(23)22-19-14-6-11-5-12(8-14)9-15(19)7-11/h1-4,10-12,14-15,19H,5-9H2,(H,22,23). The normalized spacial score (nSPS) is 35.0. The van der Waals surface area contributed by atoms with E-state index in [-0.39, 0.29) is 5.91 Å². The third kappa shape index (κ3) is 3.16. The molecule has 0 saturated heterocycles. The molecule has 4 saturated carbocycles. The second kappa shape index (κ2) is 6.14. The van der Waals surface area contributed by atoms with Crippen molar-refractivity contribution in [2.45, 2.75) is 38.1 Å². The number of hydrogen-bond donors (Lipinski definition) is 1. The fourth-order valence-corrected chi connectivity index (χ4v) is 5.65. The Morgan fingerprint density at radius 2 is 1.70 bits per heavy atom. The number of halogens is 2. The van der Waals surface area contributed by atoms with Gasteiger partial charge in [-0.05, 0) is 79.5 Å². The Morgan fingerprint density at radius 3 is 2.30 bits per heavy atom. The molecule has 4 bridgehead atoms. The molecule has 4 fully saturated rings. The molecule has 4 aliphatic rings. The topological polar surface area (TPSA) is 29.1 Å². The maximum Gasteiger partial charge on any atom is 0.244 e. The highest BCUT2D eigenvalue weighted by molar-refractivity contribution is 6.35. The summed E-state index contributed by atoms with van der Waals surface area (Å²) in [6.07, 6.45) is 10.0. The fraction of sp³-hybridized carbons (Fsp3) is 0.526. The van der Waals surface area contributed by atoms with E-state index in [0.717, 1.165) is 17.4 Å². The fourth-order valence-electron chi connectivity index (χ4n) is 5.18. The maximum absolute atomic E-state index is 12.3. The van der Waals surface area contributed by atoms with E-state index in [9.17, 15) is 4.79 Å². The minimum Gasteiger partial charge on any atom is -0.349 e. The van der Waals surface area contributed by atoms with Crippen LogP contribution in [0.5, 0.6) is 0 Å². The van der Waals surface area contributed by atoms with Crippen molar-refractivity contribution < 1.29 is 4.79 Å². The van der Waals surface area contributed by atoms with Gasteiger partial charge in [0.05, 0.1) is 0 Å². The van der Waals surface area contributed by atoms with E-state index < -0.39 is 0 Å². The zero-order chi connectivity index (χ0) is 16.0. The molecule has 23 heavy (non-hydrogen) atoms. The van der Waals surface area contributed by atoms with Crippen molar-refractivity contribution >= 4 is 35.2 Å². The van der Waals surface area contributed by atoms with Crippen molar-refractivity contribution in [3.63, 3.8) is 0 Å². The average Bonchev–Trinajstić information content (AvgIpc) is 2.49. The van der Waals surface area contributed by atoms with Crippen LogP contribution in [-0.4, -0.2) is 11.9 Å². The van der Waals surface area contributed by atoms with Gasteiger partial charge in [0.2, 0.25) is 5.91 Å². The molecule has 0 spiro atoms. The number of hydrogen-bond acceptors (Lipinski definition) is 1. The SMILES string of the molecule is O=C(C=Cc1ccc(Cl)cc1Cl)NC1C2CC3CC(C2)CC1C3. The second-order valence-corrected chi connectivity index (χ2v) is 8.31. The second-order valence-electron chi connectivity index (χ2n) is 7.46. The first kappa shape index (κ1) is 15.5. The maximum atomic E-state index is 12.3. The van der Waals surface area contributed by atoms with Crippen molar-refractivity contribution in [2.75, 3.05) is 0 Å². The summed E-state index contributed by atoms with van der Waals surface area (Å²) in [4.78, 5) is 12.3. The van der Waals surface area contributed by atoms with E-state index in [4.69, 9.17) is 23.2 Å². The number of carbonyl (C=O) groups is 1. The highest BCUT2D eigenvalue weighted by Gasteiger charge is 2.48. The lowest BCUT2D eigenvalue weighted by Crippen LogP contribution is -2.55. The summed E-state index contributed by atoms with van der Waals surface area (Å²) in [5.41, 5.74) is 0.816. The molecule has 0 radical (unpaired) electrons. The van der Waals surface area contributed by atoms with Gasteiger partial charge in [0.15, 0.2) is 0 Å². The Hall–Kier alpha value is -0.990. The molecular formula is C19H21Cl2NO. The summed E-state index contributed by atoms with van der Waals surface area (Å²) < 4.78 is 0. The average molecular weight is 350 g/mol. The van der Waals surface area contributed by atoms with E-state index >= 15 is 0 Å². The van der Waals surface area contributed by atoms with Gasteiger partial charge in [0, 0.05) is 22.2 Å². The van der Waals surface area contributed by atoms with E-state index in [1.165, 1.54) is 32.1 Å². The van der Waals surface area contributed by atoms with Crippen LogP contribution in [0.3, 0.4) is 0 Å². The lowest BCUT2D eigenvalue weighted by atomic mass is 9.54. The number of amides is 1. The van der Waals surface area contributed by atoms with Gasteiger partial charge in [-0.2, -0.15) is 0 Å². The Kier molecular flexibility index (Phi) is 4.15. The van der Waals surface area contributed by atoms with Gasteiger partial charge in [-0.25, -0.2) is 0 Å². The highest BCUT2D eigenvalue weighted by atomic mass is 35.5. The summed E-state index contributed by atoms with van der Waals surface area (Å²) >= 11 is 12.0. The van der Waals surface area contributed by atoms with Gasteiger partial charge in [-0.3, -0.25) is 4.79 Å². The van der Waals surface area contributed by atoms with Crippen LogP contribution in [0.4, 0.5) is 0 Å². The van der Waals surface area contributed by atoms with Gasteiger partial charge in [-0.15, -0.1) is 0 Å². The molecule has 1 amide bonds. The van der Waals surface area contributed by atoms with Gasteiger partial charge < -0.3 is 5.32 Å². The molecule has 0 atom stereocenters. The zero-order valence-electron chi connectivity index (χ0n) is 13.0. The van der Waals surface area contributed by atoms with Crippen molar-refractivity contribution in [2.24, 2.45) is 23.7 Å². The van der Waals surface area contributed by atoms with Crippen molar-refractivity contribution in [1.29, 1.82) is 0 Å². The largest absolute Gasteiger partial charge is 0.349 e. The molecule has 0 heterocycles. The molecule has 2 nitrogen and oxygen atoms in total. The summed E-state index contributed by atoms with van der Waals surface area (Å²) in [6.45, 7) is 0. The Bertz CT molecular complexity index is 627. The first-order valence-electron chi connectivity index (χ1n) is 8.52. The summed E-state index contributed by atoms with van der Waals surface area (Å²) in [7, 11) is 0. The third-order valence-electron chi connectivity index (χ3n) is 5.91. The van der Waals surface area contributed by atoms with E-state index in [1.54, 1.807) is 24.3 Å². The summed E-state index contributed by atoms with van der Waals surface area (Å²) in [5.74, 6) is 3.24. The van der Waals surface area contributed by atoms with Crippen LogP contribution in [0.25, 0.3) is 6.08 Å². The van der Waals surface area contributed by atoms with Crippen LogP contribution in [-0.2, 0) is 4.79 Å². The summed E-state index contributed by atoms with van der Waals surface area (Å²) in [6, 6.07) is 5.68. The van der Waals surface area contributed by atoms with Crippen LogP contribution in [0.2, 0.25) is 10.0 Å². The Balaban J connectivity index is 1.41. The smallest absolute Gasteiger partial charge is 0.244 e. The monoisotopic (exact) mass is 349 g/mol. The van der Waals surface area contributed by atoms with Crippen LogP contribution in [0.1, 0.15) is 37.7 Å². The third-order valence-corrected chi connectivity index (χ3v) is 6.47. The predicted molar refractivity (Wildman–Crippen MR) is 94.5 cm³/mol. The molecule has 0 aliphatic heterocycles. The molecule has 122 valence electrons. The van der Waals surface area contributed by atoms with Crippen LogP contribution in [0, 0.1) is 23.7 Å². The van der Waals surface area contributed by atoms with Gasteiger partial charge >= 0.3 is 0 Å². The minimum atomic E-state index is -0.00603. The number of nitrogens with one attached hydrogen (secondary N) is 1. The zero-order valence-corrected chi connectivity index (χ0v) is 14.5. The van der Waals surface area contributed by atoms with E-state index in [0.29, 0.717) is 27.9 Å². The molecule has 0 aromatic heterocycles. The van der Waals surface area contributed by atoms with Crippen LogP contribution in [0.15, 0.2) is 24.3 Å². The number of benzene rings is 1. The molecule has 1 aromatic rings. The Morgan fingerprint density at radius 1 is 1.04 bits per heavy atom. The number of carbonyl (C=O) groups excluding carboxylic acids is 1. The van der Waals surface area contributed by atoms with Gasteiger partial charge in [0.25, 0.3) is 0 Å². The molecular weight excluding hydrogens is 329 g/mol. The number of rotatable bonds is 3. The lowest BCUT2D eigenvalue weighted by molar-refractivity contribution is -0.120. The minimum absolute atomic E-state index is 0.00603. The predicted octanol–water partition coefficient (Wildman–Crippen LogP) is 4.95. The first-order valence-corrected chi connectivity index (χ1v) is 9.27. The van der Waals surface area contributed by atoms with Crippen LogP contribution < -0.4 is 5.32 Å². The summed E-state index contributed by atoms with van der Waals surface area (Å²) in [5, 5.41) is 4.44. The lowest BCUT2D eigenvalue weighted by Gasteiger charge is -2.54. The molecule has 4 aliphatic carbocycles. The molecule has 0 unspecified atom stereocenters. The molecule has 4 heteroatoms. The molecule has 5 rings (SSSR count). The first-order chi connectivity index (χ1) is 11.1. The van der Waals surface area contributed by atoms with E-state index in [2.05, 4.69) is 5.32 Å².